The lowest BCUT2D eigenvalue weighted by Crippen LogP contribution is -2.38. The van der Waals surface area contributed by atoms with Gasteiger partial charge in [-0.25, -0.2) is 0 Å². The summed E-state index contributed by atoms with van der Waals surface area (Å²) in [5.74, 6) is 0. The molecule has 0 radical (unpaired) electrons. The number of benzene rings is 1. The van der Waals surface area contributed by atoms with E-state index < -0.39 is 0 Å². The summed E-state index contributed by atoms with van der Waals surface area (Å²) in [6, 6.07) is 5.79. The molecule has 1 heterocycles. The Kier molecular flexibility index (Phi) is 4.26. The highest BCUT2D eigenvalue weighted by molar-refractivity contribution is 7.80. The van der Waals surface area contributed by atoms with Crippen molar-refractivity contribution in [2.24, 2.45) is 5.73 Å². The van der Waals surface area contributed by atoms with Gasteiger partial charge in [-0.1, -0.05) is 41.5 Å². The Balaban J connectivity index is 2.12. The van der Waals surface area contributed by atoms with E-state index in [4.69, 9.17) is 41.2 Å². The van der Waals surface area contributed by atoms with Gasteiger partial charge in [0.15, 0.2) is 0 Å². The first-order chi connectivity index (χ1) is 8.08. The lowest BCUT2D eigenvalue weighted by atomic mass is 10.2. The maximum atomic E-state index is 6.16. The second-order valence-corrected chi connectivity index (χ2v) is 5.58. The highest BCUT2D eigenvalue weighted by Crippen LogP contribution is 2.26. The van der Waals surface area contributed by atoms with Gasteiger partial charge in [-0.15, -0.1) is 0 Å². The molecule has 2 nitrogen and oxygen atoms in total. The van der Waals surface area contributed by atoms with Crippen LogP contribution < -0.4 is 5.73 Å². The summed E-state index contributed by atoms with van der Waals surface area (Å²) >= 11 is 17.1. The van der Waals surface area contributed by atoms with Gasteiger partial charge in [-0.2, -0.15) is 0 Å². The van der Waals surface area contributed by atoms with E-state index in [0.29, 0.717) is 15.0 Å². The van der Waals surface area contributed by atoms with Crippen LogP contribution in [0.3, 0.4) is 0 Å². The first-order valence-corrected chi connectivity index (χ1v) is 6.71. The third-order valence-electron chi connectivity index (χ3n) is 3.08. The number of hydrogen-bond donors (Lipinski definition) is 1. The van der Waals surface area contributed by atoms with Crippen molar-refractivity contribution in [3.05, 3.63) is 33.8 Å². The van der Waals surface area contributed by atoms with E-state index in [2.05, 4.69) is 4.90 Å². The SMILES string of the molecule is NC(=S)C1CCCN1Cc1ccc(Cl)cc1Cl. The van der Waals surface area contributed by atoms with Gasteiger partial charge in [0.1, 0.15) is 0 Å². The average Bonchev–Trinajstić information content (AvgIpc) is 2.70. The molecule has 5 heteroatoms. The number of thiocarbonyl (C=S) groups is 1. The average molecular weight is 289 g/mol. The molecule has 1 aromatic carbocycles. The zero-order valence-electron chi connectivity index (χ0n) is 9.33. The highest BCUT2D eigenvalue weighted by atomic mass is 35.5. The summed E-state index contributed by atoms with van der Waals surface area (Å²) in [5.41, 5.74) is 6.81. The lowest BCUT2D eigenvalue weighted by molar-refractivity contribution is 0.295. The normalized spacial score (nSPS) is 20.7. The number of halogens is 2. The monoisotopic (exact) mass is 288 g/mol. The Bertz CT molecular complexity index is 437. The molecule has 1 aliphatic rings. The van der Waals surface area contributed by atoms with Gasteiger partial charge in [0.2, 0.25) is 0 Å². The maximum absolute atomic E-state index is 6.16. The van der Waals surface area contributed by atoms with E-state index in [0.717, 1.165) is 31.5 Å². The van der Waals surface area contributed by atoms with Crippen molar-refractivity contribution < 1.29 is 0 Å². The molecule has 1 aromatic rings. The molecule has 1 saturated heterocycles. The van der Waals surface area contributed by atoms with Crippen LogP contribution in [0.15, 0.2) is 18.2 Å². The molecule has 17 heavy (non-hydrogen) atoms. The standard InChI is InChI=1S/C12H14Cl2N2S/c13-9-4-3-8(10(14)6-9)7-16-5-1-2-11(16)12(15)17/h3-4,6,11H,1-2,5,7H2,(H2,15,17). The van der Waals surface area contributed by atoms with Crippen molar-refractivity contribution >= 4 is 40.4 Å². The molecule has 0 bridgehead atoms. The van der Waals surface area contributed by atoms with Crippen LogP contribution in [0, 0.1) is 0 Å². The number of rotatable bonds is 3. The summed E-state index contributed by atoms with van der Waals surface area (Å²) < 4.78 is 0. The predicted molar refractivity (Wildman–Crippen MR) is 76.7 cm³/mol. The Labute approximate surface area is 117 Å². The Morgan fingerprint density at radius 2 is 2.24 bits per heavy atom. The van der Waals surface area contributed by atoms with Crippen molar-refractivity contribution in [3.63, 3.8) is 0 Å². The van der Waals surface area contributed by atoms with E-state index in [1.54, 1.807) is 6.07 Å². The van der Waals surface area contributed by atoms with E-state index >= 15 is 0 Å². The van der Waals surface area contributed by atoms with Crippen LogP contribution in [0.5, 0.6) is 0 Å². The second kappa shape index (κ2) is 5.53. The van der Waals surface area contributed by atoms with Crippen LogP contribution in [-0.4, -0.2) is 22.5 Å². The van der Waals surface area contributed by atoms with Crippen LogP contribution in [-0.2, 0) is 6.54 Å². The van der Waals surface area contributed by atoms with Crippen molar-refractivity contribution in [2.45, 2.75) is 25.4 Å². The minimum atomic E-state index is 0.205. The molecular formula is C12H14Cl2N2S. The van der Waals surface area contributed by atoms with Gasteiger partial charge in [-0.05, 0) is 37.1 Å². The predicted octanol–water partition coefficient (Wildman–Crippen LogP) is 3.24. The van der Waals surface area contributed by atoms with Gasteiger partial charge >= 0.3 is 0 Å². The minimum Gasteiger partial charge on any atom is -0.392 e. The highest BCUT2D eigenvalue weighted by Gasteiger charge is 2.26. The molecule has 1 atom stereocenters. The van der Waals surface area contributed by atoms with Gasteiger partial charge in [0.05, 0.1) is 11.0 Å². The fourth-order valence-corrected chi connectivity index (χ4v) is 2.94. The van der Waals surface area contributed by atoms with Gasteiger partial charge in [-0.3, -0.25) is 4.90 Å². The summed E-state index contributed by atoms with van der Waals surface area (Å²) in [7, 11) is 0. The first kappa shape index (κ1) is 13.1. The third kappa shape index (κ3) is 3.10. The number of likely N-dealkylation sites (tertiary alicyclic amines) is 1. The summed E-state index contributed by atoms with van der Waals surface area (Å²) in [6.07, 6.45) is 2.17. The molecule has 0 amide bonds. The fraction of sp³-hybridized carbons (Fsp3) is 0.417. The Morgan fingerprint density at radius 1 is 1.47 bits per heavy atom. The fourth-order valence-electron chi connectivity index (χ4n) is 2.21. The molecule has 0 saturated carbocycles. The Hall–Kier alpha value is -0.350. The largest absolute Gasteiger partial charge is 0.392 e. The summed E-state index contributed by atoms with van der Waals surface area (Å²) in [6.45, 7) is 1.79. The molecule has 1 aliphatic heterocycles. The summed E-state index contributed by atoms with van der Waals surface area (Å²) in [5, 5.41) is 1.36. The molecule has 0 aliphatic carbocycles. The smallest absolute Gasteiger partial charge is 0.0902 e. The quantitative estimate of drug-likeness (QED) is 0.866. The minimum absolute atomic E-state index is 0.205. The molecule has 1 unspecified atom stereocenters. The van der Waals surface area contributed by atoms with Gasteiger partial charge in [0, 0.05) is 16.6 Å². The van der Waals surface area contributed by atoms with Crippen LogP contribution in [0.1, 0.15) is 18.4 Å². The van der Waals surface area contributed by atoms with Crippen molar-refractivity contribution in [2.75, 3.05) is 6.54 Å². The molecule has 1 fully saturated rings. The van der Waals surface area contributed by atoms with Gasteiger partial charge in [0.25, 0.3) is 0 Å². The van der Waals surface area contributed by atoms with Crippen LogP contribution in [0.4, 0.5) is 0 Å². The maximum Gasteiger partial charge on any atom is 0.0902 e. The molecule has 92 valence electrons. The lowest BCUT2D eigenvalue weighted by Gasteiger charge is -2.23. The van der Waals surface area contributed by atoms with Crippen LogP contribution >= 0.6 is 35.4 Å². The molecule has 2 rings (SSSR count). The van der Waals surface area contributed by atoms with Gasteiger partial charge < -0.3 is 5.73 Å². The van der Waals surface area contributed by atoms with E-state index in [-0.39, 0.29) is 6.04 Å². The second-order valence-electron chi connectivity index (χ2n) is 4.27. The number of nitrogens with two attached hydrogens (primary N) is 1. The van der Waals surface area contributed by atoms with Crippen LogP contribution in [0.2, 0.25) is 10.0 Å². The van der Waals surface area contributed by atoms with E-state index in [9.17, 15) is 0 Å². The van der Waals surface area contributed by atoms with E-state index in [1.807, 2.05) is 12.1 Å². The zero-order valence-corrected chi connectivity index (χ0v) is 11.7. The topological polar surface area (TPSA) is 29.3 Å². The third-order valence-corrected chi connectivity index (χ3v) is 3.94. The van der Waals surface area contributed by atoms with Crippen LogP contribution in [0.25, 0.3) is 0 Å². The molecule has 0 aromatic heterocycles. The van der Waals surface area contributed by atoms with E-state index in [1.165, 1.54) is 0 Å². The van der Waals surface area contributed by atoms with Crippen molar-refractivity contribution in [3.8, 4) is 0 Å². The first-order valence-electron chi connectivity index (χ1n) is 5.55. The Morgan fingerprint density at radius 3 is 2.88 bits per heavy atom. The molecular weight excluding hydrogens is 275 g/mol. The number of nitrogens with zero attached hydrogens (tertiary/aromatic N) is 1. The van der Waals surface area contributed by atoms with Crippen molar-refractivity contribution in [1.82, 2.24) is 4.90 Å². The van der Waals surface area contributed by atoms with Crippen molar-refractivity contribution in [1.29, 1.82) is 0 Å². The molecule has 0 spiro atoms. The molecule has 2 N–H and O–H groups in total. The number of hydrogen-bond acceptors (Lipinski definition) is 2. The summed E-state index contributed by atoms with van der Waals surface area (Å²) in [4.78, 5) is 2.85. The zero-order chi connectivity index (χ0) is 12.4.